The summed E-state index contributed by atoms with van der Waals surface area (Å²) in [7, 11) is 0. The summed E-state index contributed by atoms with van der Waals surface area (Å²) >= 11 is 0. The number of hydrogen-bond donors (Lipinski definition) is 3. The van der Waals surface area contributed by atoms with Crippen LogP contribution >= 0.6 is 0 Å². The number of fused-ring (bicyclic) bond motifs is 1. The van der Waals surface area contributed by atoms with E-state index in [4.69, 9.17) is 5.73 Å². The Hall–Kier alpha value is -1.14. The van der Waals surface area contributed by atoms with E-state index in [2.05, 4.69) is 10.6 Å². The van der Waals surface area contributed by atoms with Crippen LogP contribution in [0, 0.1) is 17.3 Å². The molecular weight excluding hydrogens is 292 g/mol. The number of piperidine rings is 1. The molecule has 1 aliphatic carbocycles. The lowest BCUT2D eigenvalue weighted by atomic mass is 9.67. The Morgan fingerprint density at radius 3 is 2.96 bits per heavy atom. The van der Waals surface area contributed by atoms with Gasteiger partial charge in [-0.2, -0.15) is 0 Å². The zero-order valence-electron chi connectivity index (χ0n) is 14.0. The molecule has 1 saturated carbocycles. The molecule has 2 heterocycles. The van der Waals surface area contributed by atoms with Gasteiger partial charge in [-0.3, -0.25) is 9.59 Å². The summed E-state index contributed by atoms with van der Waals surface area (Å²) in [6, 6.07) is 0. The van der Waals surface area contributed by atoms with E-state index in [9.17, 15) is 9.59 Å². The zero-order valence-corrected chi connectivity index (χ0v) is 14.0. The SMILES string of the molecule is NCCNC(=O)C1CCCN(C(=O)[C@@]23CCCC[C@H]2CNC3)C1. The number of nitrogens with two attached hydrogens (primary N) is 1. The Morgan fingerprint density at radius 2 is 2.13 bits per heavy atom. The van der Waals surface area contributed by atoms with Crippen molar-refractivity contribution in [2.45, 2.75) is 38.5 Å². The number of carbonyl (C=O) groups is 2. The number of likely N-dealkylation sites (tertiary alicyclic amines) is 1. The lowest BCUT2D eigenvalue weighted by molar-refractivity contribution is -0.148. The minimum atomic E-state index is -0.201. The van der Waals surface area contributed by atoms with Crippen LogP contribution in [0.3, 0.4) is 0 Å². The van der Waals surface area contributed by atoms with Crippen LogP contribution in [0.25, 0.3) is 0 Å². The normalized spacial score (nSPS) is 34.0. The molecule has 0 bridgehead atoms. The number of carbonyl (C=O) groups excluding carboxylic acids is 2. The molecule has 0 spiro atoms. The van der Waals surface area contributed by atoms with Crippen molar-refractivity contribution in [3.8, 4) is 0 Å². The average Bonchev–Trinajstić information content (AvgIpc) is 3.04. The highest BCUT2D eigenvalue weighted by atomic mass is 16.2. The Morgan fingerprint density at radius 1 is 1.26 bits per heavy atom. The molecule has 3 rings (SSSR count). The van der Waals surface area contributed by atoms with E-state index in [0.29, 0.717) is 31.5 Å². The van der Waals surface area contributed by atoms with Crippen molar-refractivity contribution in [1.82, 2.24) is 15.5 Å². The zero-order chi connectivity index (χ0) is 16.3. The summed E-state index contributed by atoms with van der Waals surface area (Å²) in [5.74, 6) is 0.751. The van der Waals surface area contributed by atoms with Crippen molar-refractivity contribution in [2.24, 2.45) is 23.0 Å². The van der Waals surface area contributed by atoms with Crippen LogP contribution in [0.2, 0.25) is 0 Å². The first-order chi connectivity index (χ1) is 11.2. The largest absolute Gasteiger partial charge is 0.355 e. The molecule has 1 unspecified atom stereocenters. The highest BCUT2D eigenvalue weighted by Crippen LogP contribution is 2.45. The van der Waals surface area contributed by atoms with Crippen LogP contribution in [0.1, 0.15) is 38.5 Å². The van der Waals surface area contributed by atoms with Gasteiger partial charge in [0, 0.05) is 32.7 Å². The average molecular weight is 322 g/mol. The first kappa shape index (κ1) is 16.7. The van der Waals surface area contributed by atoms with Gasteiger partial charge in [0.1, 0.15) is 0 Å². The topological polar surface area (TPSA) is 87.5 Å². The summed E-state index contributed by atoms with van der Waals surface area (Å²) in [5.41, 5.74) is 5.25. The first-order valence-electron chi connectivity index (χ1n) is 9.15. The van der Waals surface area contributed by atoms with Crippen LogP contribution in [0.4, 0.5) is 0 Å². The quantitative estimate of drug-likeness (QED) is 0.684. The molecule has 23 heavy (non-hydrogen) atoms. The third kappa shape index (κ3) is 3.24. The Bertz CT molecular complexity index is 456. The van der Waals surface area contributed by atoms with E-state index in [0.717, 1.165) is 51.7 Å². The van der Waals surface area contributed by atoms with Gasteiger partial charge in [-0.15, -0.1) is 0 Å². The molecule has 130 valence electrons. The number of nitrogens with zero attached hydrogens (tertiary/aromatic N) is 1. The predicted molar refractivity (Wildman–Crippen MR) is 88.6 cm³/mol. The van der Waals surface area contributed by atoms with Crippen LogP contribution in [-0.2, 0) is 9.59 Å². The van der Waals surface area contributed by atoms with E-state index < -0.39 is 0 Å². The Kier molecular flexibility index (Phi) is 5.21. The van der Waals surface area contributed by atoms with E-state index >= 15 is 0 Å². The van der Waals surface area contributed by atoms with Crippen LogP contribution in [-0.4, -0.2) is 56.0 Å². The second-order valence-electron chi connectivity index (χ2n) is 7.40. The van der Waals surface area contributed by atoms with Gasteiger partial charge in [-0.25, -0.2) is 0 Å². The maximum Gasteiger partial charge on any atom is 0.230 e. The second kappa shape index (κ2) is 7.18. The van der Waals surface area contributed by atoms with Crippen molar-refractivity contribution in [2.75, 3.05) is 39.3 Å². The van der Waals surface area contributed by atoms with Crippen molar-refractivity contribution in [3.63, 3.8) is 0 Å². The molecule has 2 saturated heterocycles. The molecule has 2 amide bonds. The molecule has 0 aromatic heterocycles. The highest BCUT2D eigenvalue weighted by Gasteiger charge is 2.51. The molecule has 0 radical (unpaired) electrons. The fourth-order valence-corrected chi connectivity index (χ4v) is 4.70. The smallest absolute Gasteiger partial charge is 0.230 e. The van der Waals surface area contributed by atoms with E-state index in [1.807, 2.05) is 4.90 Å². The standard InChI is InChI=1S/C17H30N4O2/c18-7-8-20-15(22)13-4-3-9-21(11-13)16(23)17-6-2-1-5-14(17)10-19-12-17/h13-14,19H,1-12,18H2,(H,20,22)/t13?,14-,17+/m0/s1. The Balaban J connectivity index is 1.66. The van der Waals surface area contributed by atoms with Gasteiger partial charge >= 0.3 is 0 Å². The summed E-state index contributed by atoms with van der Waals surface area (Å²) in [4.78, 5) is 27.5. The molecule has 3 aliphatic rings. The van der Waals surface area contributed by atoms with Gasteiger partial charge in [0.25, 0.3) is 0 Å². The van der Waals surface area contributed by atoms with Gasteiger partial charge in [0.05, 0.1) is 11.3 Å². The number of nitrogens with one attached hydrogen (secondary N) is 2. The molecule has 4 N–H and O–H groups in total. The van der Waals surface area contributed by atoms with Gasteiger partial charge in [0.2, 0.25) is 11.8 Å². The minimum absolute atomic E-state index is 0.0511. The van der Waals surface area contributed by atoms with Gasteiger partial charge in [-0.1, -0.05) is 12.8 Å². The summed E-state index contributed by atoms with van der Waals surface area (Å²) in [5, 5.41) is 6.32. The fraction of sp³-hybridized carbons (Fsp3) is 0.882. The summed E-state index contributed by atoms with van der Waals surface area (Å²) in [6.07, 6.45) is 6.34. The van der Waals surface area contributed by atoms with Gasteiger partial charge < -0.3 is 21.3 Å². The minimum Gasteiger partial charge on any atom is -0.355 e. The maximum atomic E-state index is 13.3. The molecule has 3 fully saturated rings. The molecule has 3 atom stereocenters. The van der Waals surface area contributed by atoms with Crippen molar-refractivity contribution < 1.29 is 9.59 Å². The van der Waals surface area contributed by atoms with E-state index in [1.54, 1.807) is 0 Å². The lowest BCUT2D eigenvalue weighted by Crippen LogP contribution is -2.54. The molecule has 0 aromatic carbocycles. The van der Waals surface area contributed by atoms with Crippen molar-refractivity contribution in [3.05, 3.63) is 0 Å². The van der Waals surface area contributed by atoms with Crippen LogP contribution in [0.5, 0.6) is 0 Å². The summed E-state index contributed by atoms with van der Waals surface area (Å²) in [6.45, 7) is 4.13. The van der Waals surface area contributed by atoms with E-state index in [-0.39, 0.29) is 17.2 Å². The number of amides is 2. The Labute approximate surface area is 138 Å². The predicted octanol–water partition coefficient (Wildman–Crippen LogP) is 0.0797. The molecular formula is C17H30N4O2. The monoisotopic (exact) mass is 322 g/mol. The molecule has 0 aromatic rings. The van der Waals surface area contributed by atoms with Crippen molar-refractivity contribution >= 4 is 11.8 Å². The third-order valence-electron chi connectivity index (χ3n) is 5.99. The molecule has 2 aliphatic heterocycles. The van der Waals surface area contributed by atoms with Gasteiger partial charge in [-0.05, 0) is 38.1 Å². The first-order valence-corrected chi connectivity index (χ1v) is 9.15. The fourth-order valence-electron chi connectivity index (χ4n) is 4.70. The summed E-state index contributed by atoms with van der Waals surface area (Å²) < 4.78 is 0. The van der Waals surface area contributed by atoms with E-state index in [1.165, 1.54) is 6.42 Å². The number of rotatable bonds is 4. The van der Waals surface area contributed by atoms with Crippen molar-refractivity contribution in [1.29, 1.82) is 0 Å². The maximum absolute atomic E-state index is 13.3. The second-order valence-corrected chi connectivity index (χ2v) is 7.40. The van der Waals surface area contributed by atoms with Crippen LogP contribution < -0.4 is 16.4 Å². The number of hydrogen-bond acceptors (Lipinski definition) is 4. The molecule has 6 heteroatoms. The lowest BCUT2D eigenvalue weighted by Gasteiger charge is -2.43. The highest BCUT2D eigenvalue weighted by molar-refractivity contribution is 5.85. The van der Waals surface area contributed by atoms with Crippen LogP contribution in [0.15, 0.2) is 0 Å². The molecule has 6 nitrogen and oxygen atoms in total. The third-order valence-corrected chi connectivity index (χ3v) is 5.99. The van der Waals surface area contributed by atoms with Gasteiger partial charge in [0.15, 0.2) is 0 Å².